The Balaban J connectivity index is 1.82. The van der Waals surface area contributed by atoms with Crippen LogP contribution in [0, 0.1) is 12.7 Å². The number of carbonyl (C=O) groups is 1. The van der Waals surface area contributed by atoms with Crippen LogP contribution in [0.2, 0.25) is 0 Å². The minimum absolute atomic E-state index is 0.0131. The van der Waals surface area contributed by atoms with Gasteiger partial charge < -0.3 is 9.88 Å². The third-order valence-corrected chi connectivity index (χ3v) is 4.08. The van der Waals surface area contributed by atoms with E-state index in [1.165, 1.54) is 12.1 Å². The lowest BCUT2D eigenvalue weighted by molar-refractivity contribution is -0.131. The molecule has 1 aromatic heterocycles. The Morgan fingerprint density at radius 3 is 2.96 bits per heavy atom. The summed E-state index contributed by atoms with van der Waals surface area (Å²) in [5.41, 5.74) is 0.784. The fourth-order valence-corrected chi connectivity index (χ4v) is 3.02. The molecule has 6 heteroatoms. The molecule has 1 fully saturated rings. The predicted molar refractivity (Wildman–Crippen MR) is 83.4 cm³/mol. The van der Waals surface area contributed by atoms with Crippen LogP contribution < -0.4 is 5.56 Å². The highest BCUT2D eigenvalue weighted by Crippen LogP contribution is 2.30. The number of hydrogen-bond acceptors (Lipinski definition) is 3. The molecular formula is C17H18FN3O2. The number of nitrogens with one attached hydrogen (secondary N) is 1. The molecule has 0 spiro atoms. The van der Waals surface area contributed by atoms with Crippen molar-refractivity contribution >= 4 is 5.91 Å². The van der Waals surface area contributed by atoms with E-state index in [0.717, 1.165) is 12.8 Å². The first-order valence-electron chi connectivity index (χ1n) is 7.65. The van der Waals surface area contributed by atoms with Gasteiger partial charge in [0.25, 0.3) is 5.56 Å². The van der Waals surface area contributed by atoms with Crippen LogP contribution in [-0.2, 0) is 11.2 Å². The molecule has 1 atom stereocenters. The molecule has 1 aliphatic rings. The van der Waals surface area contributed by atoms with Crippen molar-refractivity contribution in [3.63, 3.8) is 0 Å². The first-order chi connectivity index (χ1) is 11.0. The molecule has 0 bridgehead atoms. The molecule has 0 radical (unpaired) electrons. The molecule has 3 rings (SSSR count). The van der Waals surface area contributed by atoms with Gasteiger partial charge in [-0.05, 0) is 31.4 Å². The van der Waals surface area contributed by atoms with E-state index in [4.69, 9.17) is 0 Å². The lowest BCUT2D eigenvalue weighted by Crippen LogP contribution is -2.33. The Hall–Kier alpha value is -2.50. The second-order valence-electron chi connectivity index (χ2n) is 5.79. The van der Waals surface area contributed by atoms with Gasteiger partial charge >= 0.3 is 0 Å². The second-order valence-corrected chi connectivity index (χ2v) is 5.79. The third-order valence-electron chi connectivity index (χ3n) is 4.08. The standard InChI is InChI=1S/C17H18FN3O2/c1-11-9-15(22)20-17(19-11)14-7-4-8-21(14)16(23)10-12-5-2-3-6-13(12)18/h2-3,5-6,9,14H,4,7-8,10H2,1H3,(H,19,20,22)/t14-/m1/s1. The van der Waals surface area contributed by atoms with Crippen molar-refractivity contribution in [2.45, 2.75) is 32.2 Å². The van der Waals surface area contributed by atoms with Crippen molar-refractivity contribution in [2.75, 3.05) is 6.54 Å². The molecule has 0 aliphatic carbocycles. The van der Waals surface area contributed by atoms with Gasteiger partial charge in [0.1, 0.15) is 11.6 Å². The Morgan fingerprint density at radius 1 is 1.43 bits per heavy atom. The molecule has 5 nitrogen and oxygen atoms in total. The fourth-order valence-electron chi connectivity index (χ4n) is 3.02. The summed E-state index contributed by atoms with van der Waals surface area (Å²) in [7, 11) is 0. The van der Waals surface area contributed by atoms with E-state index in [9.17, 15) is 14.0 Å². The molecular weight excluding hydrogens is 297 g/mol. The molecule has 1 saturated heterocycles. The van der Waals surface area contributed by atoms with Crippen molar-refractivity contribution in [3.05, 3.63) is 63.6 Å². The molecule has 1 N–H and O–H groups in total. The summed E-state index contributed by atoms with van der Waals surface area (Å²) in [5, 5.41) is 0. The van der Waals surface area contributed by atoms with Crippen molar-refractivity contribution in [1.29, 1.82) is 0 Å². The normalized spacial score (nSPS) is 17.5. The molecule has 1 aliphatic heterocycles. The van der Waals surface area contributed by atoms with Gasteiger partial charge in [-0.25, -0.2) is 9.37 Å². The first-order valence-corrected chi connectivity index (χ1v) is 7.65. The van der Waals surface area contributed by atoms with Crippen LogP contribution >= 0.6 is 0 Å². The molecule has 1 amide bonds. The number of benzene rings is 1. The largest absolute Gasteiger partial charge is 0.332 e. The topological polar surface area (TPSA) is 66.1 Å². The van der Waals surface area contributed by atoms with Crippen LogP contribution in [0.5, 0.6) is 0 Å². The number of hydrogen-bond donors (Lipinski definition) is 1. The van der Waals surface area contributed by atoms with E-state index in [-0.39, 0.29) is 29.7 Å². The lowest BCUT2D eigenvalue weighted by Gasteiger charge is -2.24. The number of likely N-dealkylation sites (tertiary alicyclic amines) is 1. The summed E-state index contributed by atoms with van der Waals surface area (Å²) in [4.78, 5) is 32.9. The second kappa shape index (κ2) is 6.32. The Kier molecular flexibility index (Phi) is 4.23. The van der Waals surface area contributed by atoms with Gasteiger partial charge in [0.05, 0.1) is 12.5 Å². The highest BCUT2D eigenvalue weighted by atomic mass is 19.1. The highest BCUT2D eigenvalue weighted by Gasteiger charge is 2.31. The van der Waals surface area contributed by atoms with Gasteiger partial charge in [0.15, 0.2) is 0 Å². The van der Waals surface area contributed by atoms with Crippen molar-refractivity contribution in [3.8, 4) is 0 Å². The molecule has 2 heterocycles. The quantitative estimate of drug-likeness (QED) is 0.943. The maximum absolute atomic E-state index is 13.7. The van der Waals surface area contributed by atoms with Crippen LogP contribution in [0.4, 0.5) is 4.39 Å². The van der Waals surface area contributed by atoms with Crippen molar-refractivity contribution in [2.24, 2.45) is 0 Å². The van der Waals surface area contributed by atoms with E-state index < -0.39 is 0 Å². The first kappa shape index (κ1) is 15.4. The maximum Gasteiger partial charge on any atom is 0.251 e. The van der Waals surface area contributed by atoms with Crippen LogP contribution in [0.1, 0.15) is 36.0 Å². The maximum atomic E-state index is 13.7. The Labute approximate surface area is 133 Å². The van der Waals surface area contributed by atoms with Gasteiger partial charge in [-0.2, -0.15) is 0 Å². The molecule has 1 aromatic carbocycles. The highest BCUT2D eigenvalue weighted by molar-refractivity contribution is 5.79. The summed E-state index contributed by atoms with van der Waals surface area (Å²) in [5.74, 6) is -0.0187. The number of amides is 1. The average molecular weight is 315 g/mol. The van der Waals surface area contributed by atoms with E-state index in [2.05, 4.69) is 9.97 Å². The van der Waals surface area contributed by atoms with Crippen LogP contribution in [0.3, 0.4) is 0 Å². The summed E-state index contributed by atoms with van der Waals surface area (Å²) in [6.07, 6.45) is 1.60. The van der Waals surface area contributed by atoms with Gasteiger partial charge in [0.2, 0.25) is 5.91 Å². The summed E-state index contributed by atoms with van der Waals surface area (Å²) in [6.45, 7) is 2.34. The number of nitrogens with zero attached hydrogens (tertiary/aromatic N) is 2. The summed E-state index contributed by atoms with van der Waals surface area (Å²) in [6, 6.07) is 7.45. The van der Waals surface area contributed by atoms with Crippen LogP contribution in [-0.4, -0.2) is 27.3 Å². The molecule has 23 heavy (non-hydrogen) atoms. The van der Waals surface area contributed by atoms with Crippen LogP contribution in [0.25, 0.3) is 0 Å². The zero-order valence-electron chi connectivity index (χ0n) is 12.9. The van der Waals surface area contributed by atoms with Crippen molar-refractivity contribution in [1.82, 2.24) is 14.9 Å². The van der Waals surface area contributed by atoms with E-state index >= 15 is 0 Å². The Morgan fingerprint density at radius 2 is 2.22 bits per heavy atom. The number of carbonyl (C=O) groups excluding carboxylic acids is 1. The molecule has 120 valence electrons. The summed E-state index contributed by atoms with van der Waals surface area (Å²) < 4.78 is 13.7. The number of H-pyrrole nitrogens is 1. The van der Waals surface area contributed by atoms with Gasteiger partial charge in [0, 0.05) is 18.3 Å². The third kappa shape index (κ3) is 3.31. The number of rotatable bonds is 3. The Bertz CT molecular complexity index is 787. The molecule has 0 unspecified atom stereocenters. The summed E-state index contributed by atoms with van der Waals surface area (Å²) >= 11 is 0. The van der Waals surface area contributed by atoms with E-state index in [1.807, 2.05) is 0 Å². The smallest absolute Gasteiger partial charge is 0.251 e. The van der Waals surface area contributed by atoms with E-state index in [0.29, 0.717) is 23.6 Å². The van der Waals surface area contributed by atoms with Crippen molar-refractivity contribution < 1.29 is 9.18 Å². The van der Waals surface area contributed by atoms with Crippen LogP contribution in [0.15, 0.2) is 35.1 Å². The molecule has 0 saturated carbocycles. The lowest BCUT2D eigenvalue weighted by atomic mass is 10.1. The monoisotopic (exact) mass is 315 g/mol. The van der Waals surface area contributed by atoms with Gasteiger partial charge in [-0.1, -0.05) is 18.2 Å². The van der Waals surface area contributed by atoms with Gasteiger partial charge in [-0.15, -0.1) is 0 Å². The average Bonchev–Trinajstić information content (AvgIpc) is 2.98. The molecule has 2 aromatic rings. The fraction of sp³-hybridized carbons (Fsp3) is 0.353. The predicted octanol–water partition coefficient (Wildman–Crippen LogP) is 2.12. The zero-order valence-corrected chi connectivity index (χ0v) is 12.9. The van der Waals surface area contributed by atoms with E-state index in [1.54, 1.807) is 30.0 Å². The van der Waals surface area contributed by atoms with Gasteiger partial charge in [-0.3, -0.25) is 9.59 Å². The SMILES string of the molecule is Cc1cc(=O)[nH]c([C@H]2CCCN2C(=O)Cc2ccccc2F)n1. The minimum Gasteiger partial charge on any atom is -0.332 e. The number of halogens is 1. The number of aromatic nitrogens is 2. The minimum atomic E-state index is -0.376. The zero-order chi connectivity index (χ0) is 16.4. The number of aryl methyl sites for hydroxylation is 1. The number of aromatic amines is 1.